The van der Waals surface area contributed by atoms with Gasteiger partial charge in [0.15, 0.2) is 11.5 Å². The third-order valence-corrected chi connectivity index (χ3v) is 10.8. The summed E-state index contributed by atoms with van der Waals surface area (Å²) in [7, 11) is 0. The Balaban J connectivity index is 0.935. The highest BCUT2D eigenvalue weighted by Gasteiger charge is 2.18. The summed E-state index contributed by atoms with van der Waals surface area (Å²) in [6.07, 6.45) is 4.14. The van der Waals surface area contributed by atoms with E-state index >= 15 is 0 Å². The average Bonchev–Trinajstić information content (AvgIpc) is 3.99. The molecule has 7 aromatic carbocycles. The number of aromatic nitrogens is 5. The summed E-state index contributed by atoms with van der Waals surface area (Å²) in [6.45, 7) is 0. The second-order valence-electron chi connectivity index (χ2n) is 14.0. The van der Waals surface area contributed by atoms with E-state index < -0.39 is 0 Å². The maximum Gasteiger partial charge on any atom is 0.182 e. The predicted molar refractivity (Wildman–Crippen MR) is 226 cm³/mol. The van der Waals surface area contributed by atoms with Gasteiger partial charge in [0.1, 0.15) is 0 Å². The quantitative estimate of drug-likeness (QED) is 0.173. The molecule has 11 aromatic rings. The SMILES string of the molecule is c1ccc(-c2ccc(-c3ccc(-c4cccn5nc(-c6ccc(-n7c8ccccc8c8ccc9c(ccn9-c9ccccc9)c87)cc6)nc45)cc3)cc2)cc1. The normalized spacial score (nSPS) is 11.6. The van der Waals surface area contributed by atoms with Crippen molar-refractivity contribution in [2.75, 3.05) is 0 Å². The maximum atomic E-state index is 5.09. The first-order chi connectivity index (χ1) is 27.3. The molecule has 0 aliphatic rings. The van der Waals surface area contributed by atoms with Crippen LogP contribution in [0.15, 0.2) is 200 Å². The Morgan fingerprint density at radius 3 is 1.71 bits per heavy atom. The highest BCUT2D eigenvalue weighted by Crippen LogP contribution is 2.38. The van der Waals surface area contributed by atoms with E-state index in [1.54, 1.807) is 0 Å². The van der Waals surface area contributed by atoms with Gasteiger partial charge in [0, 0.05) is 51.1 Å². The van der Waals surface area contributed by atoms with E-state index in [2.05, 4.69) is 191 Å². The van der Waals surface area contributed by atoms with Crippen molar-refractivity contribution in [2.24, 2.45) is 0 Å². The second kappa shape index (κ2) is 12.6. The van der Waals surface area contributed by atoms with Gasteiger partial charge >= 0.3 is 0 Å². The number of fused-ring (bicyclic) bond motifs is 6. The zero-order chi connectivity index (χ0) is 36.3. The van der Waals surface area contributed by atoms with Gasteiger partial charge in [-0.05, 0) is 94.5 Å². The molecule has 11 rings (SSSR count). The van der Waals surface area contributed by atoms with Crippen LogP contribution in [0.1, 0.15) is 0 Å². The third kappa shape index (κ3) is 5.17. The summed E-state index contributed by atoms with van der Waals surface area (Å²) >= 11 is 0. The molecule has 0 unspecified atom stereocenters. The molecule has 258 valence electrons. The number of benzene rings is 7. The van der Waals surface area contributed by atoms with Gasteiger partial charge in [-0.3, -0.25) is 0 Å². The Bertz CT molecular complexity index is 3150. The Morgan fingerprint density at radius 2 is 0.982 bits per heavy atom. The molecule has 0 atom stereocenters. The molecule has 0 saturated heterocycles. The molecule has 0 saturated carbocycles. The van der Waals surface area contributed by atoms with Crippen molar-refractivity contribution in [1.82, 2.24) is 23.7 Å². The van der Waals surface area contributed by atoms with Crippen LogP contribution >= 0.6 is 0 Å². The Hall–Kier alpha value is -7.50. The largest absolute Gasteiger partial charge is 0.316 e. The van der Waals surface area contributed by atoms with Gasteiger partial charge in [-0.2, -0.15) is 0 Å². The standard InChI is InChI=1S/C50H33N5/c1-3-10-34(11-4-1)35-17-19-36(20-18-35)37-21-23-38(24-22-37)42-15-9-32-54-50(42)51-49(52-54)39-25-27-41(28-26-39)55-47-16-8-7-14-43(47)44-29-30-46-45(48(44)55)31-33-53(46)40-12-5-2-6-13-40/h1-33H. The number of nitrogens with zero attached hydrogens (tertiary/aromatic N) is 5. The van der Waals surface area contributed by atoms with Crippen LogP contribution in [0.25, 0.3) is 94.5 Å². The van der Waals surface area contributed by atoms with Crippen LogP contribution < -0.4 is 0 Å². The van der Waals surface area contributed by atoms with E-state index in [9.17, 15) is 0 Å². The molecule has 5 heteroatoms. The van der Waals surface area contributed by atoms with Gasteiger partial charge < -0.3 is 9.13 Å². The van der Waals surface area contributed by atoms with Crippen molar-refractivity contribution >= 4 is 38.4 Å². The molecule has 5 nitrogen and oxygen atoms in total. The van der Waals surface area contributed by atoms with Gasteiger partial charge in [0.05, 0.1) is 16.6 Å². The van der Waals surface area contributed by atoms with Crippen LogP contribution in [0.4, 0.5) is 0 Å². The van der Waals surface area contributed by atoms with E-state index in [4.69, 9.17) is 10.1 Å². The molecule has 4 aromatic heterocycles. The van der Waals surface area contributed by atoms with Crippen LogP contribution in [0.5, 0.6) is 0 Å². The molecule has 0 radical (unpaired) electrons. The first kappa shape index (κ1) is 31.1. The minimum absolute atomic E-state index is 0.693. The lowest BCUT2D eigenvalue weighted by molar-refractivity contribution is 0.966. The van der Waals surface area contributed by atoms with Gasteiger partial charge in [-0.25, -0.2) is 9.50 Å². The van der Waals surface area contributed by atoms with Gasteiger partial charge in [0.2, 0.25) is 0 Å². The average molecular weight is 704 g/mol. The molecular weight excluding hydrogens is 671 g/mol. The third-order valence-electron chi connectivity index (χ3n) is 10.8. The first-order valence-corrected chi connectivity index (χ1v) is 18.6. The summed E-state index contributed by atoms with van der Waals surface area (Å²) in [5.41, 5.74) is 14.5. The van der Waals surface area contributed by atoms with Crippen molar-refractivity contribution < 1.29 is 0 Å². The molecule has 0 N–H and O–H groups in total. The maximum absolute atomic E-state index is 5.09. The van der Waals surface area contributed by atoms with E-state index in [1.807, 2.05) is 22.8 Å². The van der Waals surface area contributed by atoms with Gasteiger partial charge in [-0.1, -0.05) is 121 Å². The highest BCUT2D eigenvalue weighted by atomic mass is 15.3. The number of para-hydroxylation sites is 2. The second-order valence-corrected chi connectivity index (χ2v) is 14.0. The zero-order valence-electron chi connectivity index (χ0n) is 29.8. The molecule has 0 bridgehead atoms. The summed E-state index contributed by atoms with van der Waals surface area (Å²) in [5.74, 6) is 0.693. The van der Waals surface area contributed by atoms with Crippen LogP contribution in [0.3, 0.4) is 0 Å². The number of hydrogen-bond donors (Lipinski definition) is 0. The number of hydrogen-bond acceptors (Lipinski definition) is 2. The van der Waals surface area contributed by atoms with E-state index in [0.29, 0.717) is 5.82 Å². The van der Waals surface area contributed by atoms with Crippen LogP contribution in [0, 0.1) is 0 Å². The van der Waals surface area contributed by atoms with Crippen molar-refractivity contribution in [2.45, 2.75) is 0 Å². The van der Waals surface area contributed by atoms with Gasteiger partial charge in [0.25, 0.3) is 0 Å². The lowest BCUT2D eigenvalue weighted by Gasteiger charge is -2.10. The van der Waals surface area contributed by atoms with Crippen molar-refractivity contribution in [3.05, 3.63) is 200 Å². The molecule has 55 heavy (non-hydrogen) atoms. The molecule has 0 aliphatic carbocycles. The Kier molecular flexibility index (Phi) is 7.10. The predicted octanol–water partition coefficient (Wildman–Crippen LogP) is 12.4. The summed E-state index contributed by atoms with van der Waals surface area (Å²) in [6, 6.07) is 66.7. The van der Waals surface area contributed by atoms with E-state index in [-0.39, 0.29) is 0 Å². The smallest absolute Gasteiger partial charge is 0.182 e. The summed E-state index contributed by atoms with van der Waals surface area (Å²) in [5, 5.41) is 8.61. The Morgan fingerprint density at radius 1 is 0.364 bits per heavy atom. The summed E-state index contributed by atoms with van der Waals surface area (Å²) in [4.78, 5) is 5.09. The topological polar surface area (TPSA) is 40.0 Å². The van der Waals surface area contributed by atoms with Crippen LogP contribution in [0.2, 0.25) is 0 Å². The van der Waals surface area contributed by atoms with Gasteiger partial charge in [-0.15, -0.1) is 5.10 Å². The fraction of sp³-hybridized carbons (Fsp3) is 0. The van der Waals surface area contributed by atoms with Crippen LogP contribution in [-0.2, 0) is 0 Å². The zero-order valence-corrected chi connectivity index (χ0v) is 29.8. The molecule has 0 aliphatic heterocycles. The monoisotopic (exact) mass is 703 g/mol. The molecule has 4 heterocycles. The van der Waals surface area contributed by atoms with Crippen molar-refractivity contribution in [3.63, 3.8) is 0 Å². The van der Waals surface area contributed by atoms with E-state index in [1.165, 1.54) is 55.0 Å². The Labute approximate surface area is 317 Å². The molecular formula is C50H33N5. The van der Waals surface area contributed by atoms with E-state index in [0.717, 1.165) is 33.7 Å². The fourth-order valence-corrected chi connectivity index (χ4v) is 8.10. The first-order valence-electron chi connectivity index (χ1n) is 18.6. The highest BCUT2D eigenvalue weighted by molar-refractivity contribution is 6.18. The number of pyridine rings is 1. The lowest BCUT2D eigenvalue weighted by Crippen LogP contribution is -1.95. The minimum atomic E-state index is 0.693. The lowest BCUT2D eigenvalue weighted by atomic mass is 9.98. The van der Waals surface area contributed by atoms with Crippen LogP contribution in [-0.4, -0.2) is 23.7 Å². The van der Waals surface area contributed by atoms with Crippen molar-refractivity contribution in [3.8, 4) is 56.1 Å². The summed E-state index contributed by atoms with van der Waals surface area (Å²) < 4.78 is 6.54. The molecule has 0 fully saturated rings. The molecule has 0 amide bonds. The van der Waals surface area contributed by atoms with Crippen molar-refractivity contribution in [1.29, 1.82) is 0 Å². The number of rotatable bonds is 6. The molecule has 0 spiro atoms. The fourth-order valence-electron chi connectivity index (χ4n) is 8.10. The minimum Gasteiger partial charge on any atom is -0.316 e.